The van der Waals surface area contributed by atoms with Gasteiger partial charge >= 0.3 is 0 Å². The highest BCUT2D eigenvalue weighted by Crippen LogP contribution is 2.61. The van der Waals surface area contributed by atoms with Crippen LogP contribution < -0.4 is 0 Å². The molecule has 3 nitrogen and oxygen atoms in total. The lowest BCUT2D eigenvalue weighted by Crippen LogP contribution is -2.52. The molecule has 0 aromatic heterocycles. The van der Waals surface area contributed by atoms with Gasteiger partial charge in [0.25, 0.3) is 0 Å². The van der Waals surface area contributed by atoms with Gasteiger partial charge in [-0.25, -0.2) is 0 Å². The van der Waals surface area contributed by atoms with E-state index in [2.05, 4.69) is 13.8 Å². The van der Waals surface area contributed by atoms with Crippen molar-refractivity contribution in [2.45, 2.75) is 70.5 Å². The van der Waals surface area contributed by atoms with Crippen LogP contribution in [0.2, 0.25) is 0 Å². The average Bonchev–Trinajstić information content (AvgIpc) is 2.42. The summed E-state index contributed by atoms with van der Waals surface area (Å²) in [6.45, 7) is 5.33. The molecule has 3 heteroatoms. The Morgan fingerprint density at radius 1 is 1.10 bits per heavy atom. The Morgan fingerprint density at radius 2 is 1.62 bits per heavy atom. The summed E-state index contributed by atoms with van der Waals surface area (Å²) in [7, 11) is 1.74. The number of methoxy groups -OCH3 is 1. The monoisotopic (exact) mass is 296 g/mol. The smallest absolute Gasteiger partial charge is 0.0829 e. The van der Waals surface area contributed by atoms with Crippen molar-refractivity contribution in [3.05, 3.63) is 0 Å². The Morgan fingerprint density at radius 3 is 2.10 bits per heavy atom. The molecule has 0 spiro atoms. The van der Waals surface area contributed by atoms with Crippen LogP contribution in [0.5, 0.6) is 0 Å². The summed E-state index contributed by atoms with van der Waals surface area (Å²) in [6.07, 6.45) is 8.61. The zero-order valence-electron chi connectivity index (χ0n) is 13.9. The minimum Gasteiger partial charge on any atom is -0.390 e. The third-order valence-electron chi connectivity index (χ3n) is 6.47. The van der Waals surface area contributed by atoms with Crippen LogP contribution in [0.25, 0.3) is 0 Å². The fourth-order valence-electron chi connectivity index (χ4n) is 5.38. The fraction of sp³-hybridized carbons (Fsp3) is 1.00. The van der Waals surface area contributed by atoms with Crippen molar-refractivity contribution < 1.29 is 14.6 Å². The van der Waals surface area contributed by atoms with Gasteiger partial charge < -0.3 is 14.6 Å². The quantitative estimate of drug-likeness (QED) is 0.732. The summed E-state index contributed by atoms with van der Waals surface area (Å²) < 4.78 is 11.2. The molecule has 1 unspecified atom stereocenters. The van der Waals surface area contributed by atoms with E-state index in [-0.39, 0.29) is 17.1 Å². The van der Waals surface area contributed by atoms with Crippen molar-refractivity contribution in [3.8, 4) is 0 Å². The zero-order chi connectivity index (χ0) is 15.1. The molecule has 1 atom stereocenters. The van der Waals surface area contributed by atoms with E-state index in [1.54, 1.807) is 7.11 Å². The van der Waals surface area contributed by atoms with Gasteiger partial charge in [-0.15, -0.1) is 0 Å². The van der Waals surface area contributed by atoms with Crippen LogP contribution in [0, 0.1) is 23.2 Å². The number of hydrogen-bond acceptors (Lipinski definition) is 3. The minimum absolute atomic E-state index is 0.133. The van der Waals surface area contributed by atoms with E-state index in [4.69, 9.17) is 9.47 Å². The third kappa shape index (κ3) is 3.30. The van der Waals surface area contributed by atoms with Crippen LogP contribution in [-0.4, -0.2) is 37.1 Å². The normalized spacial score (nSPS) is 39.7. The van der Waals surface area contributed by atoms with Crippen molar-refractivity contribution in [1.82, 2.24) is 0 Å². The van der Waals surface area contributed by atoms with E-state index >= 15 is 0 Å². The van der Waals surface area contributed by atoms with E-state index < -0.39 is 0 Å². The van der Waals surface area contributed by atoms with Gasteiger partial charge in [-0.2, -0.15) is 0 Å². The SMILES string of the molecule is COC(C)(C)CCOCC(O)C12CC3CC(CC(C3)C1)C2. The Balaban J connectivity index is 1.48. The summed E-state index contributed by atoms with van der Waals surface area (Å²) >= 11 is 0. The van der Waals surface area contributed by atoms with Gasteiger partial charge in [0.2, 0.25) is 0 Å². The molecule has 0 amide bonds. The van der Waals surface area contributed by atoms with E-state index in [1.807, 2.05) is 0 Å². The van der Waals surface area contributed by atoms with Crippen molar-refractivity contribution in [2.75, 3.05) is 20.3 Å². The van der Waals surface area contributed by atoms with Crippen LogP contribution in [0.3, 0.4) is 0 Å². The molecule has 0 aromatic carbocycles. The molecule has 0 heterocycles. The first-order valence-corrected chi connectivity index (χ1v) is 8.73. The largest absolute Gasteiger partial charge is 0.390 e. The molecule has 122 valence electrons. The molecule has 0 saturated heterocycles. The second-order valence-corrected chi connectivity index (χ2v) is 8.58. The van der Waals surface area contributed by atoms with Crippen molar-refractivity contribution in [1.29, 1.82) is 0 Å². The molecule has 4 aliphatic carbocycles. The molecule has 0 radical (unpaired) electrons. The van der Waals surface area contributed by atoms with E-state index in [0.717, 1.165) is 24.2 Å². The van der Waals surface area contributed by atoms with Gasteiger partial charge in [-0.3, -0.25) is 0 Å². The Kier molecular flexibility index (Phi) is 4.37. The summed E-state index contributed by atoms with van der Waals surface area (Å²) in [5.41, 5.74) is 0.0527. The number of hydrogen-bond donors (Lipinski definition) is 1. The van der Waals surface area contributed by atoms with Gasteiger partial charge in [0, 0.05) is 13.7 Å². The first-order chi connectivity index (χ1) is 9.92. The minimum atomic E-state index is -0.267. The maximum Gasteiger partial charge on any atom is 0.0829 e. The maximum atomic E-state index is 10.7. The molecular formula is C18H32O3. The van der Waals surface area contributed by atoms with Crippen molar-refractivity contribution >= 4 is 0 Å². The Hall–Kier alpha value is -0.120. The Bertz CT molecular complexity index is 328. The standard InChI is InChI=1S/C18H32O3/c1-17(2,20-3)4-5-21-12-16(19)18-9-13-6-14(10-18)8-15(7-13)11-18/h13-16,19H,4-12H2,1-3H3. The second kappa shape index (κ2) is 5.82. The number of aliphatic hydroxyl groups excluding tert-OH is 1. The lowest BCUT2D eigenvalue weighted by molar-refractivity contribution is -0.141. The number of ether oxygens (including phenoxy) is 2. The van der Waals surface area contributed by atoms with E-state index in [9.17, 15) is 5.11 Å². The summed E-state index contributed by atoms with van der Waals surface area (Å²) in [4.78, 5) is 0. The van der Waals surface area contributed by atoms with Crippen LogP contribution in [0.4, 0.5) is 0 Å². The molecular weight excluding hydrogens is 264 g/mol. The van der Waals surface area contributed by atoms with Gasteiger partial charge in [-0.1, -0.05) is 0 Å². The molecule has 4 rings (SSSR count). The topological polar surface area (TPSA) is 38.7 Å². The molecule has 4 aliphatic rings. The maximum absolute atomic E-state index is 10.7. The summed E-state index contributed by atoms with van der Waals surface area (Å²) in [5, 5.41) is 10.7. The Labute approximate surface area is 129 Å². The second-order valence-electron chi connectivity index (χ2n) is 8.58. The predicted octanol–water partition coefficient (Wildman–Crippen LogP) is 3.40. The van der Waals surface area contributed by atoms with Crippen LogP contribution >= 0.6 is 0 Å². The highest BCUT2D eigenvalue weighted by molar-refractivity contribution is 5.04. The predicted molar refractivity (Wildman–Crippen MR) is 83.1 cm³/mol. The molecule has 0 aliphatic heterocycles. The highest BCUT2D eigenvalue weighted by Gasteiger charge is 2.53. The summed E-state index contributed by atoms with van der Waals surface area (Å²) in [6, 6.07) is 0. The molecule has 0 aromatic rings. The number of aliphatic hydroxyl groups is 1. The van der Waals surface area contributed by atoms with E-state index in [0.29, 0.717) is 13.2 Å². The van der Waals surface area contributed by atoms with Gasteiger partial charge in [0.1, 0.15) is 0 Å². The summed E-state index contributed by atoms with van der Waals surface area (Å²) in [5.74, 6) is 2.66. The first-order valence-electron chi connectivity index (χ1n) is 8.73. The lowest BCUT2D eigenvalue weighted by Gasteiger charge is -2.58. The number of rotatable bonds is 7. The van der Waals surface area contributed by atoms with Crippen LogP contribution in [-0.2, 0) is 9.47 Å². The third-order valence-corrected chi connectivity index (χ3v) is 6.47. The fourth-order valence-corrected chi connectivity index (χ4v) is 5.38. The lowest BCUT2D eigenvalue weighted by atomic mass is 9.48. The molecule has 4 saturated carbocycles. The van der Waals surface area contributed by atoms with Gasteiger partial charge in [0.15, 0.2) is 0 Å². The van der Waals surface area contributed by atoms with Gasteiger partial charge in [-0.05, 0) is 82.0 Å². The van der Waals surface area contributed by atoms with E-state index in [1.165, 1.54) is 38.5 Å². The molecule has 1 N–H and O–H groups in total. The average molecular weight is 296 g/mol. The van der Waals surface area contributed by atoms with Crippen LogP contribution in [0.1, 0.15) is 58.8 Å². The van der Waals surface area contributed by atoms with Gasteiger partial charge in [0.05, 0.1) is 18.3 Å². The highest BCUT2D eigenvalue weighted by atomic mass is 16.5. The molecule has 4 fully saturated rings. The zero-order valence-corrected chi connectivity index (χ0v) is 13.9. The first kappa shape index (κ1) is 15.8. The molecule has 21 heavy (non-hydrogen) atoms. The van der Waals surface area contributed by atoms with Crippen LogP contribution in [0.15, 0.2) is 0 Å². The molecule has 4 bridgehead atoms. The van der Waals surface area contributed by atoms with Crippen molar-refractivity contribution in [2.24, 2.45) is 23.2 Å². The van der Waals surface area contributed by atoms with Crippen molar-refractivity contribution in [3.63, 3.8) is 0 Å².